The van der Waals surface area contributed by atoms with Crippen molar-refractivity contribution in [2.24, 2.45) is 5.73 Å². The number of sulfone groups is 1. The SMILES string of the molecule is CCC(CSc1ccccc1)N(N(C)C)C1(N2CCNCC2)C=CC(C(N)=O)=C(S(=O)(=O)c2ccccc2)C1[N+](=O)[O-]. The molecule has 1 saturated heterocycles. The first-order valence-corrected chi connectivity index (χ1v) is 16.3. The zero-order valence-electron chi connectivity index (χ0n) is 24.0. The third-order valence-corrected chi connectivity index (χ3v) is 10.7. The number of hydrogen-bond acceptors (Lipinski definition) is 10. The van der Waals surface area contributed by atoms with E-state index in [9.17, 15) is 23.3 Å². The maximum atomic E-state index is 14.3. The Hall–Kier alpha value is -3.07. The minimum Gasteiger partial charge on any atom is -0.366 e. The molecule has 2 aromatic rings. The Labute approximate surface area is 251 Å². The molecule has 0 saturated carbocycles. The Kier molecular flexibility index (Phi) is 10.2. The van der Waals surface area contributed by atoms with Gasteiger partial charge in [0, 0.05) is 61.9 Å². The van der Waals surface area contributed by atoms with Crippen LogP contribution in [0.5, 0.6) is 0 Å². The maximum Gasteiger partial charge on any atom is 0.285 e. The van der Waals surface area contributed by atoms with E-state index in [0.29, 0.717) is 38.4 Å². The van der Waals surface area contributed by atoms with Crippen LogP contribution in [0.3, 0.4) is 0 Å². The van der Waals surface area contributed by atoms with E-state index in [4.69, 9.17) is 5.73 Å². The summed E-state index contributed by atoms with van der Waals surface area (Å²) in [6.07, 6.45) is 3.61. The second-order valence-electron chi connectivity index (χ2n) is 10.4. The second-order valence-corrected chi connectivity index (χ2v) is 13.4. The molecule has 0 spiro atoms. The molecule has 4 rings (SSSR count). The van der Waals surface area contributed by atoms with Crippen LogP contribution in [-0.2, 0) is 14.6 Å². The molecule has 1 aliphatic heterocycles. The van der Waals surface area contributed by atoms with E-state index in [0.717, 1.165) is 4.90 Å². The topological polar surface area (TPSA) is 142 Å². The summed E-state index contributed by atoms with van der Waals surface area (Å²) in [6.45, 7) is 3.98. The van der Waals surface area contributed by atoms with Crippen LogP contribution >= 0.6 is 11.8 Å². The Morgan fingerprint density at radius 1 is 1.14 bits per heavy atom. The van der Waals surface area contributed by atoms with Crippen molar-refractivity contribution in [1.82, 2.24) is 20.2 Å². The van der Waals surface area contributed by atoms with Crippen molar-refractivity contribution in [3.63, 3.8) is 0 Å². The van der Waals surface area contributed by atoms with Gasteiger partial charge in [0.25, 0.3) is 6.04 Å². The van der Waals surface area contributed by atoms with Crippen LogP contribution in [0.15, 0.2) is 93.1 Å². The van der Waals surface area contributed by atoms with Crippen LogP contribution in [-0.4, -0.2) is 97.9 Å². The fraction of sp³-hybridized carbons (Fsp3) is 0.414. The van der Waals surface area contributed by atoms with Crippen LogP contribution in [0.1, 0.15) is 13.3 Å². The summed E-state index contributed by atoms with van der Waals surface area (Å²) < 4.78 is 28.5. The van der Waals surface area contributed by atoms with Gasteiger partial charge in [-0.05, 0) is 42.8 Å². The van der Waals surface area contributed by atoms with Gasteiger partial charge in [0.2, 0.25) is 15.7 Å². The van der Waals surface area contributed by atoms with E-state index in [2.05, 4.69) is 5.32 Å². The first-order valence-electron chi connectivity index (χ1n) is 13.8. The zero-order chi connectivity index (χ0) is 30.5. The number of nitrogens with one attached hydrogen (secondary N) is 1. The molecule has 3 unspecified atom stereocenters. The molecule has 11 nitrogen and oxygen atoms in total. The molecule has 1 aliphatic carbocycles. The number of amides is 1. The molecule has 1 fully saturated rings. The van der Waals surface area contributed by atoms with Gasteiger partial charge in [0.1, 0.15) is 4.91 Å². The number of nitrogens with two attached hydrogens (primary N) is 1. The van der Waals surface area contributed by atoms with Gasteiger partial charge >= 0.3 is 0 Å². The third kappa shape index (κ3) is 6.17. The molecule has 2 aromatic carbocycles. The summed E-state index contributed by atoms with van der Waals surface area (Å²) in [5, 5.41) is 20.3. The van der Waals surface area contributed by atoms with E-state index in [-0.39, 0.29) is 16.5 Å². The van der Waals surface area contributed by atoms with Gasteiger partial charge in [0.15, 0.2) is 5.66 Å². The molecule has 0 aromatic heterocycles. The number of carbonyl (C=O) groups excluding carboxylic acids is 1. The number of hydrazine groups is 1. The van der Waals surface area contributed by atoms with Crippen molar-refractivity contribution < 1.29 is 18.1 Å². The van der Waals surface area contributed by atoms with Gasteiger partial charge in [-0.25, -0.2) is 18.4 Å². The molecule has 1 heterocycles. The van der Waals surface area contributed by atoms with Crippen molar-refractivity contribution in [1.29, 1.82) is 0 Å². The smallest absolute Gasteiger partial charge is 0.285 e. The maximum absolute atomic E-state index is 14.3. The number of nitrogens with zero attached hydrogens (tertiary/aromatic N) is 4. The fourth-order valence-corrected chi connectivity index (χ4v) is 8.74. The van der Waals surface area contributed by atoms with Crippen LogP contribution in [0, 0.1) is 10.1 Å². The normalized spacial score (nSPS) is 22.5. The zero-order valence-corrected chi connectivity index (χ0v) is 25.7. The molecule has 42 heavy (non-hydrogen) atoms. The van der Waals surface area contributed by atoms with Gasteiger partial charge in [-0.3, -0.25) is 19.8 Å². The number of hydrogen-bond donors (Lipinski definition) is 2. The number of rotatable bonds is 12. The highest BCUT2D eigenvalue weighted by molar-refractivity contribution is 7.99. The molecular weight excluding hydrogens is 576 g/mol. The minimum absolute atomic E-state index is 0.141. The average Bonchev–Trinajstić information content (AvgIpc) is 2.99. The molecule has 13 heteroatoms. The van der Waals surface area contributed by atoms with Crippen molar-refractivity contribution >= 4 is 27.5 Å². The summed E-state index contributed by atoms with van der Waals surface area (Å²) in [5.74, 6) is -0.456. The van der Waals surface area contributed by atoms with Gasteiger partial charge in [0.05, 0.1) is 10.5 Å². The lowest BCUT2D eigenvalue weighted by atomic mass is 9.87. The third-order valence-electron chi connectivity index (χ3n) is 7.66. The highest BCUT2D eigenvalue weighted by Gasteiger charge is 2.62. The van der Waals surface area contributed by atoms with Gasteiger partial charge in [-0.2, -0.15) is 0 Å². The lowest BCUT2D eigenvalue weighted by Gasteiger charge is -2.56. The van der Waals surface area contributed by atoms with Crippen molar-refractivity contribution in [3.8, 4) is 0 Å². The molecule has 0 bridgehead atoms. The Bertz CT molecular complexity index is 1430. The summed E-state index contributed by atoms with van der Waals surface area (Å²) >= 11 is 1.63. The van der Waals surface area contributed by atoms with E-state index in [1.807, 2.05) is 66.3 Å². The minimum atomic E-state index is -4.51. The number of piperazine rings is 1. The van der Waals surface area contributed by atoms with Gasteiger partial charge in [-0.1, -0.05) is 43.3 Å². The number of carbonyl (C=O) groups is 1. The van der Waals surface area contributed by atoms with Crippen molar-refractivity contribution in [2.45, 2.75) is 40.9 Å². The van der Waals surface area contributed by atoms with Crippen molar-refractivity contribution in [2.75, 3.05) is 46.0 Å². The largest absolute Gasteiger partial charge is 0.366 e. The monoisotopic (exact) mass is 614 g/mol. The molecule has 0 radical (unpaired) electrons. The first-order chi connectivity index (χ1) is 20.1. The Morgan fingerprint density at radius 3 is 2.26 bits per heavy atom. The van der Waals surface area contributed by atoms with Gasteiger partial charge in [-0.15, -0.1) is 11.8 Å². The predicted octanol–water partition coefficient (Wildman–Crippen LogP) is 2.37. The summed E-state index contributed by atoms with van der Waals surface area (Å²) in [4.78, 5) is 27.8. The van der Waals surface area contributed by atoms with E-state index in [1.54, 1.807) is 36.0 Å². The van der Waals surface area contributed by atoms with Gasteiger partial charge < -0.3 is 11.1 Å². The molecule has 1 amide bonds. The Morgan fingerprint density at radius 2 is 1.74 bits per heavy atom. The highest BCUT2D eigenvalue weighted by Crippen LogP contribution is 2.43. The first kappa shape index (κ1) is 31.9. The van der Waals surface area contributed by atoms with Crippen molar-refractivity contribution in [3.05, 3.63) is 93.4 Å². The molecule has 3 atom stereocenters. The average molecular weight is 615 g/mol. The number of benzene rings is 2. The summed E-state index contributed by atoms with van der Waals surface area (Å²) in [7, 11) is -0.896. The van der Waals surface area contributed by atoms with Crippen LogP contribution in [0.2, 0.25) is 0 Å². The second kappa shape index (κ2) is 13.5. The van der Waals surface area contributed by atoms with Crippen LogP contribution in [0.25, 0.3) is 0 Å². The van der Waals surface area contributed by atoms with Crippen LogP contribution in [0.4, 0.5) is 0 Å². The Balaban J connectivity index is 1.96. The van der Waals surface area contributed by atoms with E-state index in [1.165, 1.54) is 18.2 Å². The number of nitro groups is 1. The highest BCUT2D eigenvalue weighted by atomic mass is 32.2. The predicted molar refractivity (Wildman–Crippen MR) is 164 cm³/mol. The molecular formula is C29H38N6O5S2. The molecule has 3 N–H and O–H groups in total. The lowest BCUT2D eigenvalue weighted by molar-refractivity contribution is -0.537. The summed E-state index contributed by atoms with van der Waals surface area (Å²) in [6, 6.07) is 15.3. The molecule has 226 valence electrons. The summed E-state index contributed by atoms with van der Waals surface area (Å²) in [5.41, 5.74) is 3.77. The standard InChI is InChI=1S/C29H38N6O5S2/c1-4-22(21-41-23-11-7-5-8-12-23)34(32(2)3)29(33-19-17-31-18-20-33)16-15-25(28(30)36)26(27(29)35(37)38)42(39,40)24-13-9-6-10-14-24/h5-16,22,27,31H,4,17-21H2,1-3H3,(H2,30,36). The number of primary amides is 1. The van der Waals surface area contributed by atoms with E-state index < -0.39 is 37.3 Å². The fourth-order valence-electron chi connectivity index (χ4n) is 5.85. The lowest BCUT2D eigenvalue weighted by Crippen LogP contribution is -2.75. The number of thioether (sulfide) groups is 1. The van der Waals surface area contributed by atoms with E-state index >= 15 is 0 Å². The van der Waals surface area contributed by atoms with Crippen LogP contribution < -0.4 is 11.1 Å². The quantitative estimate of drug-likeness (QED) is 0.208. The molecule has 2 aliphatic rings.